The monoisotopic (exact) mass is 613 g/mol. The molecular formula is C30H27ClF3N5O4. The third-order valence-corrected chi connectivity index (χ3v) is 7.40. The van der Waals surface area contributed by atoms with Gasteiger partial charge >= 0.3 is 12.1 Å². The van der Waals surface area contributed by atoms with Crippen molar-refractivity contribution in [2.24, 2.45) is 0 Å². The average molecular weight is 614 g/mol. The topological polar surface area (TPSA) is 117 Å². The number of piperidine rings is 1. The maximum atomic E-state index is 13.5. The molecule has 13 heteroatoms. The molecule has 0 unspecified atom stereocenters. The molecule has 0 spiro atoms. The Morgan fingerprint density at radius 3 is 2.40 bits per heavy atom. The number of carbonyl (C=O) groups is 3. The Labute approximate surface area is 249 Å². The minimum atomic E-state index is -4.54. The fourth-order valence-corrected chi connectivity index (χ4v) is 5.40. The summed E-state index contributed by atoms with van der Waals surface area (Å²) in [6, 6.07) is 15.6. The summed E-state index contributed by atoms with van der Waals surface area (Å²) in [5, 5.41) is 19.1. The number of hydrogen-bond donors (Lipinski definition) is 3. The van der Waals surface area contributed by atoms with Crippen molar-refractivity contribution in [1.29, 1.82) is 0 Å². The zero-order valence-corrected chi connectivity index (χ0v) is 23.5. The Morgan fingerprint density at radius 1 is 0.930 bits per heavy atom. The van der Waals surface area contributed by atoms with Crippen molar-refractivity contribution in [1.82, 2.24) is 9.78 Å². The highest BCUT2D eigenvalue weighted by Gasteiger charge is 2.31. The maximum Gasteiger partial charge on any atom is 0.408 e. The highest BCUT2D eigenvalue weighted by molar-refractivity contribution is 6.34. The van der Waals surface area contributed by atoms with Gasteiger partial charge in [-0.25, -0.2) is 0 Å². The van der Waals surface area contributed by atoms with Gasteiger partial charge in [-0.15, -0.1) is 0 Å². The maximum absolute atomic E-state index is 13.5. The number of carbonyl (C=O) groups excluding carboxylic acids is 2. The van der Waals surface area contributed by atoms with Gasteiger partial charge in [0, 0.05) is 24.0 Å². The molecule has 1 aliphatic heterocycles. The Bertz CT molecular complexity index is 1700. The lowest BCUT2D eigenvalue weighted by Crippen LogP contribution is -2.30. The molecule has 0 aliphatic carbocycles. The first kappa shape index (κ1) is 29.9. The van der Waals surface area contributed by atoms with Crippen molar-refractivity contribution in [3.63, 3.8) is 0 Å². The van der Waals surface area contributed by atoms with Gasteiger partial charge in [0.05, 0.1) is 34.0 Å². The van der Waals surface area contributed by atoms with E-state index in [0.717, 1.165) is 37.0 Å². The lowest BCUT2D eigenvalue weighted by atomic mass is 10.1. The van der Waals surface area contributed by atoms with E-state index in [1.54, 1.807) is 36.4 Å². The first-order valence-corrected chi connectivity index (χ1v) is 13.9. The van der Waals surface area contributed by atoms with Crippen molar-refractivity contribution in [2.45, 2.75) is 38.4 Å². The van der Waals surface area contributed by atoms with Crippen LogP contribution in [0.3, 0.4) is 0 Å². The number of fused-ring (bicyclic) bond motifs is 1. The molecule has 4 aromatic rings. The molecular weight excluding hydrogens is 587 g/mol. The second kappa shape index (κ2) is 12.3. The average Bonchev–Trinajstić information content (AvgIpc) is 3.32. The van der Waals surface area contributed by atoms with E-state index in [0.29, 0.717) is 11.3 Å². The minimum Gasteiger partial charge on any atom is -0.481 e. The lowest BCUT2D eigenvalue weighted by molar-refractivity contribution is -0.142. The lowest BCUT2D eigenvalue weighted by Gasteiger charge is -2.30. The fourth-order valence-electron chi connectivity index (χ4n) is 5.16. The van der Waals surface area contributed by atoms with Gasteiger partial charge in [0.25, 0.3) is 11.8 Å². The van der Waals surface area contributed by atoms with E-state index in [1.165, 1.54) is 24.3 Å². The van der Waals surface area contributed by atoms with Crippen molar-refractivity contribution in [3.8, 4) is 0 Å². The number of carboxylic acids is 1. The van der Waals surface area contributed by atoms with Crippen molar-refractivity contribution >= 4 is 57.3 Å². The molecule has 3 N–H and O–H groups in total. The van der Waals surface area contributed by atoms with E-state index in [4.69, 9.17) is 11.6 Å². The molecule has 0 saturated carbocycles. The molecule has 1 fully saturated rings. The van der Waals surface area contributed by atoms with Crippen molar-refractivity contribution in [3.05, 3.63) is 82.5 Å². The summed E-state index contributed by atoms with van der Waals surface area (Å²) in [4.78, 5) is 40.3. The van der Waals surface area contributed by atoms with Crippen LogP contribution in [0.4, 0.5) is 30.2 Å². The van der Waals surface area contributed by atoms with Gasteiger partial charge in [-0.2, -0.15) is 18.3 Å². The number of para-hydroxylation sites is 2. The molecule has 2 amide bonds. The highest BCUT2D eigenvalue weighted by atomic mass is 35.5. The number of aliphatic carboxylic acids is 1. The third-order valence-electron chi connectivity index (χ3n) is 7.09. The number of nitrogens with zero attached hydrogens (tertiary/aromatic N) is 3. The summed E-state index contributed by atoms with van der Waals surface area (Å²) in [7, 11) is 0. The molecule has 224 valence electrons. The predicted molar refractivity (Wildman–Crippen MR) is 157 cm³/mol. The number of rotatable bonds is 8. The van der Waals surface area contributed by atoms with Crippen LogP contribution in [0.5, 0.6) is 0 Å². The van der Waals surface area contributed by atoms with Crippen LogP contribution in [0.25, 0.3) is 10.9 Å². The second-order valence-corrected chi connectivity index (χ2v) is 10.6. The van der Waals surface area contributed by atoms with E-state index >= 15 is 0 Å². The Morgan fingerprint density at radius 2 is 1.67 bits per heavy atom. The van der Waals surface area contributed by atoms with Gasteiger partial charge in [0.15, 0.2) is 5.69 Å². The molecule has 0 bridgehead atoms. The molecule has 1 aromatic heterocycles. The number of hydrogen-bond acceptors (Lipinski definition) is 5. The smallest absolute Gasteiger partial charge is 0.408 e. The molecule has 9 nitrogen and oxygen atoms in total. The van der Waals surface area contributed by atoms with Crippen LogP contribution in [0, 0.1) is 0 Å². The van der Waals surface area contributed by atoms with Crippen LogP contribution in [-0.2, 0) is 17.8 Å². The summed E-state index contributed by atoms with van der Waals surface area (Å²) in [6.07, 6.45) is -1.99. The molecule has 3 aromatic carbocycles. The number of nitrogens with one attached hydrogen (secondary N) is 2. The SMILES string of the molecule is O=C(O)Cc1cccc(Cl)c1NC(=O)c1ccc(N2CCCCC2)c(NC(=O)c2nn(CC(F)(F)F)c3ccccc23)c1. The molecule has 0 atom stereocenters. The first-order valence-electron chi connectivity index (χ1n) is 13.5. The summed E-state index contributed by atoms with van der Waals surface area (Å²) in [6.45, 7) is 0.0762. The quantitative estimate of drug-likeness (QED) is 0.213. The zero-order chi connectivity index (χ0) is 30.7. The molecule has 2 heterocycles. The second-order valence-electron chi connectivity index (χ2n) is 10.2. The zero-order valence-electron chi connectivity index (χ0n) is 22.7. The van der Waals surface area contributed by atoms with E-state index in [-0.39, 0.29) is 45.0 Å². The number of alkyl halides is 3. The minimum absolute atomic E-state index is 0.143. The summed E-state index contributed by atoms with van der Waals surface area (Å²) >= 11 is 6.28. The molecule has 1 saturated heterocycles. The summed E-state index contributed by atoms with van der Waals surface area (Å²) in [5.41, 5.74) is 1.51. The molecule has 0 radical (unpaired) electrons. The van der Waals surface area contributed by atoms with E-state index in [2.05, 4.69) is 20.6 Å². The van der Waals surface area contributed by atoms with Gasteiger partial charge in [-0.05, 0) is 55.2 Å². The summed E-state index contributed by atoms with van der Waals surface area (Å²) in [5.74, 6) is -2.43. The Kier molecular flexibility index (Phi) is 8.58. The van der Waals surface area contributed by atoms with Gasteiger partial charge in [-0.1, -0.05) is 41.9 Å². The standard InChI is InChI=1S/C30H27ClF3N5O4/c31-21-9-6-7-18(16-25(40)41)26(21)36-28(42)19-11-12-24(38-13-4-1-5-14-38)22(15-19)35-29(43)27-20-8-2-3-10-23(20)39(37-27)17-30(32,33)34/h2-3,6-12,15H,1,4-5,13-14,16-17H2,(H,35,43)(H,36,42)(H,40,41). The number of aromatic nitrogens is 2. The Balaban J connectivity index is 1.49. The van der Waals surface area contributed by atoms with Crippen LogP contribution in [-0.4, -0.2) is 51.9 Å². The fraction of sp³-hybridized carbons (Fsp3) is 0.267. The van der Waals surface area contributed by atoms with E-state index in [1.807, 2.05) is 0 Å². The first-order chi connectivity index (χ1) is 20.5. The predicted octanol–water partition coefficient (Wildman–Crippen LogP) is 6.37. The number of benzene rings is 3. The van der Waals surface area contributed by atoms with Gasteiger partial charge < -0.3 is 20.6 Å². The van der Waals surface area contributed by atoms with Gasteiger partial charge in [0.2, 0.25) is 0 Å². The van der Waals surface area contributed by atoms with Crippen LogP contribution in [0.15, 0.2) is 60.7 Å². The highest BCUT2D eigenvalue weighted by Crippen LogP contribution is 2.33. The molecule has 5 rings (SSSR count). The van der Waals surface area contributed by atoms with Crippen LogP contribution < -0.4 is 15.5 Å². The van der Waals surface area contributed by atoms with Crippen molar-refractivity contribution in [2.75, 3.05) is 28.6 Å². The largest absolute Gasteiger partial charge is 0.481 e. The van der Waals surface area contributed by atoms with Crippen LogP contribution in [0.1, 0.15) is 45.7 Å². The number of anilines is 3. The molecule has 43 heavy (non-hydrogen) atoms. The van der Waals surface area contributed by atoms with Crippen LogP contribution >= 0.6 is 11.6 Å². The van der Waals surface area contributed by atoms with E-state index < -0.39 is 30.5 Å². The number of carboxylic acid groups (broad SMARTS) is 1. The van der Waals surface area contributed by atoms with E-state index in [9.17, 15) is 32.7 Å². The Hall–Kier alpha value is -4.58. The number of halogens is 4. The van der Waals surface area contributed by atoms with Gasteiger partial charge in [-0.3, -0.25) is 19.1 Å². The third kappa shape index (κ3) is 6.91. The van der Waals surface area contributed by atoms with Crippen LogP contribution in [0.2, 0.25) is 5.02 Å². The number of amides is 2. The summed E-state index contributed by atoms with van der Waals surface area (Å²) < 4.78 is 40.4. The van der Waals surface area contributed by atoms with Crippen molar-refractivity contribution < 1.29 is 32.7 Å². The molecule has 1 aliphatic rings. The van der Waals surface area contributed by atoms with Gasteiger partial charge in [0.1, 0.15) is 6.54 Å². The normalized spacial score (nSPS) is 13.6.